The van der Waals surface area contributed by atoms with Gasteiger partial charge in [-0.2, -0.15) is 13.2 Å². The van der Waals surface area contributed by atoms with Crippen molar-refractivity contribution >= 4 is 35.2 Å². The van der Waals surface area contributed by atoms with Gasteiger partial charge in [0.2, 0.25) is 5.36 Å². The van der Waals surface area contributed by atoms with Gasteiger partial charge in [0.05, 0.1) is 10.9 Å². The fourth-order valence-electron chi connectivity index (χ4n) is 3.09. The molecular weight excluding hydrogens is 399 g/mol. The van der Waals surface area contributed by atoms with Crippen LogP contribution in [0.25, 0.3) is 11.6 Å². The number of carboxylic acid groups (broad SMARTS) is 1. The Kier molecular flexibility index (Phi) is 5.91. The van der Waals surface area contributed by atoms with E-state index in [4.69, 9.17) is 9.90 Å². The molecule has 0 aliphatic carbocycles. The van der Waals surface area contributed by atoms with Crippen LogP contribution in [-0.2, 0) is 4.79 Å². The smallest absolute Gasteiger partial charge is 0.430 e. The summed E-state index contributed by atoms with van der Waals surface area (Å²) in [5.74, 6) is -2.80. The van der Waals surface area contributed by atoms with Crippen LogP contribution in [0.15, 0.2) is 47.6 Å². The second-order valence-electron chi connectivity index (χ2n) is 6.64. The molecule has 0 unspecified atom stereocenters. The normalized spacial score (nSPS) is 14.4. The molecule has 2 aliphatic rings. The Bertz CT molecular complexity index is 1150. The van der Waals surface area contributed by atoms with E-state index in [0.29, 0.717) is 11.4 Å². The Morgan fingerprint density at radius 2 is 1.97 bits per heavy atom. The molecule has 0 aromatic heterocycles. The summed E-state index contributed by atoms with van der Waals surface area (Å²) in [5, 5.41) is 24.7. The summed E-state index contributed by atoms with van der Waals surface area (Å²) >= 11 is 0. The average Bonchev–Trinajstić information content (AvgIpc) is 3.13. The molecule has 0 spiro atoms. The van der Waals surface area contributed by atoms with Crippen molar-refractivity contribution in [3.05, 3.63) is 58.7 Å². The number of phenols is 1. The van der Waals surface area contributed by atoms with E-state index < -0.39 is 12.1 Å². The van der Waals surface area contributed by atoms with Crippen LogP contribution in [0, 0.1) is 0 Å². The van der Waals surface area contributed by atoms with Gasteiger partial charge in [0.25, 0.3) is 0 Å². The number of rotatable bonds is 3. The summed E-state index contributed by atoms with van der Waals surface area (Å²) in [6, 6.07) is 12.0. The van der Waals surface area contributed by atoms with Gasteiger partial charge in [-0.3, -0.25) is 4.99 Å². The lowest BCUT2D eigenvalue weighted by molar-refractivity contribution is -0.344. The van der Waals surface area contributed by atoms with Gasteiger partial charge < -0.3 is 20.3 Å². The van der Waals surface area contributed by atoms with Gasteiger partial charge in [-0.25, -0.2) is 4.58 Å². The van der Waals surface area contributed by atoms with Gasteiger partial charge in [0, 0.05) is 24.9 Å². The molecule has 0 saturated carbocycles. The number of nitrogens with zero attached hydrogens (tertiary/aromatic N) is 2. The number of carbonyl (C=O) groups is 1. The zero-order chi connectivity index (χ0) is 21.9. The first-order valence-corrected chi connectivity index (χ1v) is 8.96. The lowest BCUT2D eigenvalue weighted by Crippen LogP contribution is -2.42. The highest BCUT2D eigenvalue weighted by Crippen LogP contribution is 2.32. The van der Waals surface area contributed by atoms with Crippen molar-refractivity contribution in [2.45, 2.75) is 12.6 Å². The number of nitrogens with one attached hydrogen (secondary N) is 1. The molecule has 156 valence electrons. The molecule has 0 saturated heterocycles. The van der Waals surface area contributed by atoms with Crippen molar-refractivity contribution in [2.24, 2.45) is 4.99 Å². The van der Waals surface area contributed by atoms with E-state index in [-0.39, 0.29) is 5.75 Å². The van der Waals surface area contributed by atoms with Crippen LogP contribution in [0.5, 0.6) is 5.75 Å². The molecule has 2 aliphatic heterocycles. The van der Waals surface area contributed by atoms with E-state index in [1.807, 2.05) is 54.9 Å². The Morgan fingerprint density at radius 1 is 1.30 bits per heavy atom. The number of carbonyl (C=O) groups excluding carboxylic acids is 1. The number of aromatic hydroxyl groups is 1. The van der Waals surface area contributed by atoms with Crippen LogP contribution in [0.4, 0.5) is 24.5 Å². The molecular formula is C21H18F3N3O3. The lowest BCUT2D eigenvalue weighted by atomic mass is 10.1. The van der Waals surface area contributed by atoms with Crippen LogP contribution in [0.3, 0.4) is 0 Å². The topological polar surface area (TPSA) is 87.8 Å². The number of benzene rings is 2. The molecule has 0 atom stereocenters. The highest BCUT2D eigenvalue weighted by Gasteiger charge is 2.28. The Labute approximate surface area is 169 Å². The Morgan fingerprint density at radius 3 is 2.60 bits per heavy atom. The lowest BCUT2D eigenvalue weighted by Gasteiger charge is -2.09. The second-order valence-corrected chi connectivity index (χ2v) is 6.64. The number of hydrogen-bond donors (Lipinski definition) is 2. The minimum absolute atomic E-state index is 0.211. The summed E-state index contributed by atoms with van der Waals surface area (Å²) in [4.78, 5) is 13.2. The van der Waals surface area contributed by atoms with Crippen LogP contribution >= 0.6 is 0 Å². The molecule has 9 heteroatoms. The van der Waals surface area contributed by atoms with Crippen molar-refractivity contribution < 1.29 is 28.2 Å². The minimum atomic E-state index is -5.19. The SMILES string of the molecule is C[N+]1=c2cc(NC=Cc3ccccc3)c(O)c3c2=C(C=N3)CC1.O=C([O-])C(F)(F)F. The first-order chi connectivity index (χ1) is 14.2. The molecule has 0 bridgehead atoms. The largest absolute Gasteiger partial charge is 0.542 e. The predicted molar refractivity (Wildman–Crippen MR) is 106 cm³/mol. The number of hydrogen-bond acceptors (Lipinski definition) is 5. The fourth-order valence-corrected chi connectivity index (χ4v) is 3.09. The highest BCUT2D eigenvalue weighted by atomic mass is 19.4. The van der Waals surface area contributed by atoms with Crippen LogP contribution in [-0.4, -0.2) is 37.1 Å². The third kappa shape index (κ3) is 4.51. The molecule has 6 nitrogen and oxygen atoms in total. The van der Waals surface area contributed by atoms with Crippen molar-refractivity contribution in [1.29, 1.82) is 0 Å². The zero-order valence-electron chi connectivity index (χ0n) is 15.9. The molecule has 2 heterocycles. The van der Waals surface area contributed by atoms with Crippen LogP contribution < -0.4 is 25.6 Å². The fraction of sp³-hybridized carbons (Fsp3) is 0.190. The van der Waals surface area contributed by atoms with E-state index in [9.17, 15) is 18.3 Å². The molecule has 0 amide bonds. The third-order valence-electron chi connectivity index (χ3n) is 4.60. The van der Waals surface area contributed by atoms with E-state index in [1.165, 1.54) is 5.57 Å². The average molecular weight is 417 g/mol. The maximum atomic E-state index is 10.5. The third-order valence-corrected chi connectivity index (χ3v) is 4.60. The highest BCUT2D eigenvalue weighted by molar-refractivity contribution is 6.08. The minimum Gasteiger partial charge on any atom is -0.542 e. The molecule has 2 N–H and O–H groups in total. The number of carboxylic acids is 1. The Balaban J connectivity index is 0.000000318. The van der Waals surface area contributed by atoms with Gasteiger partial charge in [0.1, 0.15) is 25.2 Å². The van der Waals surface area contributed by atoms with Gasteiger partial charge >= 0.3 is 6.18 Å². The summed E-state index contributed by atoms with van der Waals surface area (Å²) in [7, 11) is 2.07. The van der Waals surface area contributed by atoms with Crippen molar-refractivity contribution in [1.82, 2.24) is 4.58 Å². The van der Waals surface area contributed by atoms with Crippen molar-refractivity contribution in [3.63, 3.8) is 0 Å². The summed E-state index contributed by atoms with van der Waals surface area (Å²) < 4.78 is 33.8. The van der Waals surface area contributed by atoms with Crippen LogP contribution in [0.2, 0.25) is 0 Å². The molecule has 0 radical (unpaired) electrons. The first-order valence-electron chi connectivity index (χ1n) is 8.96. The summed E-state index contributed by atoms with van der Waals surface area (Å²) in [6.45, 7) is 0.970. The molecule has 2 aromatic carbocycles. The van der Waals surface area contributed by atoms with Gasteiger partial charge in [-0.15, -0.1) is 0 Å². The van der Waals surface area contributed by atoms with Gasteiger partial charge in [-0.1, -0.05) is 30.3 Å². The number of aliphatic imine (C=N–C) groups is 1. The number of anilines is 1. The zero-order valence-corrected chi connectivity index (χ0v) is 15.9. The van der Waals surface area contributed by atoms with Gasteiger partial charge in [0.15, 0.2) is 5.75 Å². The summed E-state index contributed by atoms with van der Waals surface area (Å²) in [5.41, 5.74) is 3.68. The molecule has 2 aromatic rings. The quantitative estimate of drug-likeness (QED) is 0.580. The standard InChI is InChI=1S/C19H17N3O.C2HF3O2/c1-22-10-8-14-12-21-18-17(14)16(22)11-15(19(18)23)20-9-7-13-5-3-2-4-6-13;3-2(4,5)1(6)7/h2-7,9,11-12H,8,10H2,1H3,(H,20,21,23);(H,6,7). The van der Waals surface area contributed by atoms with E-state index >= 15 is 0 Å². The number of aliphatic carboxylic acids is 1. The number of alkyl halides is 3. The monoisotopic (exact) mass is 417 g/mol. The van der Waals surface area contributed by atoms with E-state index in [2.05, 4.69) is 21.9 Å². The van der Waals surface area contributed by atoms with Gasteiger partial charge in [-0.05, 0) is 17.2 Å². The molecule has 4 rings (SSSR count). The molecule has 30 heavy (non-hydrogen) atoms. The Hall–Kier alpha value is -3.62. The molecule has 0 fully saturated rings. The number of halogens is 3. The van der Waals surface area contributed by atoms with Crippen LogP contribution in [0.1, 0.15) is 12.0 Å². The maximum Gasteiger partial charge on any atom is 0.430 e. The van der Waals surface area contributed by atoms with Crippen molar-refractivity contribution in [2.75, 3.05) is 18.9 Å². The predicted octanol–water partition coefficient (Wildman–Crippen LogP) is 1.16. The maximum absolute atomic E-state index is 10.5. The van der Waals surface area contributed by atoms with Crippen molar-refractivity contribution in [3.8, 4) is 5.75 Å². The first kappa shape index (κ1) is 21.1. The second kappa shape index (κ2) is 8.40. The summed E-state index contributed by atoms with van der Waals surface area (Å²) in [6.07, 6.45) is 1.48. The van der Waals surface area contributed by atoms with E-state index in [1.54, 1.807) is 0 Å². The number of phenolic OH excluding ortho intramolecular Hbond substituents is 1. The van der Waals surface area contributed by atoms with E-state index in [0.717, 1.165) is 29.1 Å².